The number of nitrogens with zero attached hydrogens (tertiary/aromatic N) is 4. The summed E-state index contributed by atoms with van der Waals surface area (Å²) in [5.41, 5.74) is 6.12. The zero-order chi connectivity index (χ0) is 18.0. The van der Waals surface area contributed by atoms with Gasteiger partial charge in [-0.25, -0.2) is 9.97 Å². The average molecular weight is 341 g/mol. The Labute approximate surface area is 142 Å². The summed E-state index contributed by atoms with van der Waals surface area (Å²) in [6, 6.07) is 3.44. The van der Waals surface area contributed by atoms with E-state index in [-0.39, 0.29) is 23.0 Å². The van der Waals surface area contributed by atoms with Crippen LogP contribution in [0.25, 0.3) is 11.5 Å². The number of aromatic nitrogens is 4. The lowest BCUT2D eigenvalue weighted by atomic mass is 10.2. The van der Waals surface area contributed by atoms with Crippen LogP contribution >= 0.6 is 0 Å². The minimum Gasteiger partial charge on any atom is -0.444 e. The summed E-state index contributed by atoms with van der Waals surface area (Å²) < 4.78 is 6.73. The topological polar surface area (TPSA) is 141 Å². The third kappa shape index (κ3) is 3.32. The normalized spacial score (nSPS) is 10.5. The molecule has 25 heavy (non-hydrogen) atoms. The van der Waals surface area contributed by atoms with Crippen molar-refractivity contribution in [2.24, 2.45) is 12.8 Å². The zero-order valence-electron chi connectivity index (χ0n) is 13.5. The lowest BCUT2D eigenvalue weighted by Gasteiger charge is -2.01. The molecule has 0 atom stereocenters. The molecule has 3 heterocycles. The van der Waals surface area contributed by atoms with Crippen LogP contribution in [-0.2, 0) is 7.05 Å². The fraction of sp³-hybridized carbons (Fsp3) is 0.133. The maximum atomic E-state index is 12.3. The quantitative estimate of drug-likeness (QED) is 0.625. The van der Waals surface area contributed by atoms with Crippen LogP contribution in [0.4, 0.5) is 11.5 Å². The predicted molar refractivity (Wildman–Crippen MR) is 89.0 cm³/mol. The molecule has 0 fully saturated rings. The smallest absolute Gasteiger partial charge is 0.277 e. The van der Waals surface area contributed by atoms with Gasteiger partial charge in [0.2, 0.25) is 5.89 Å². The van der Waals surface area contributed by atoms with Crippen LogP contribution in [0.3, 0.4) is 0 Å². The molecule has 0 spiro atoms. The molecule has 2 amide bonds. The molecular formula is C15H15N7O3. The Morgan fingerprint density at radius 3 is 2.88 bits per heavy atom. The number of hydrogen-bond acceptors (Lipinski definition) is 7. The summed E-state index contributed by atoms with van der Waals surface area (Å²) in [7, 11) is 3.35. The first-order valence-electron chi connectivity index (χ1n) is 7.22. The van der Waals surface area contributed by atoms with Gasteiger partial charge in [-0.05, 0) is 12.1 Å². The highest BCUT2D eigenvalue weighted by Gasteiger charge is 2.19. The summed E-state index contributed by atoms with van der Waals surface area (Å²) in [6.45, 7) is 0. The van der Waals surface area contributed by atoms with Crippen LogP contribution in [0.15, 0.2) is 35.2 Å². The Morgan fingerprint density at radius 1 is 1.36 bits per heavy atom. The number of carbonyl (C=O) groups excluding carboxylic acids is 2. The summed E-state index contributed by atoms with van der Waals surface area (Å²) in [4.78, 5) is 31.9. The molecule has 10 heteroatoms. The van der Waals surface area contributed by atoms with Gasteiger partial charge in [-0.15, -0.1) is 0 Å². The molecule has 3 rings (SSSR count). The fourth-order valence-electron chi connectivity index (χ4n) is 2.16. The highest BCUT2D eigenvalue weighted by Crippen LogP contribution is 2.21. The highest BCUT2D eigenvalue weighted by atomic mass is 16.3. The number of nitrogens with two attached hydrogens (primary N) is 1. The molecule has 0 aliphatic rings. The van der Waals surface area contributed by atoms with Crippen molar-refractivity contribution in [3.05, 3.63) is 42.2 Å². The first-order chi connectivity index (χ1) is 12.0. The van der Waals surface area contributed by atoms with Gasteiger partial charge in [0.25, 0.3) is 11.8 Å². The molecule has 0 aliphatic heterocycles. The molecule has 0 unspecified atom stereocenters. The lowest BCUT2D eigenvalue weighted by Crippen LogP contribution is -2.18. The van der Waals surface area contributed by atoms with Gasteiger partial charge < -0.3 is 20.8 Å². The fourth-order valence-corrected chi connectivity index (χ4v) is 2.16. The van der Waals surface area contributed by atoms with Gasteiger partial charge in [-0.3, -0.25) is 14.3 Å². The zero-order valence-corrected chi connectivity index (χ0v) is 13.5. The monoisotopic (exact) mass is 341 g/mol. The van der Waals surface area contributed by atoms with Crippen molar-refractivity contribution in [2.75, 3.05) is 17.7 Å². The maximum absolute atomic E-state index is 12.3. The number of carbonyl (C=O) groups is 2. The molecule has 0 bridgehead atoms. The third-order valence-electron chi connectivity index (χ3n) is 3.31. The Kier molecular flexibility index (Phi) is 4.16. The van der Waals surface area contributed by atoms with Gasteiger partial charge >= 0.3 is 0 Å². The molecular weight excluding hydrogens is 326 g/mol. The van der Waals surface area contributed by atoms with Crippen molar-refractivity contribution in [1.29, 1.82) is 0 Å². The summed E-state index contributed by atoms with van der Waals surface area (Å²) >= 11 is 0. The van der Waals surface area contributed by atoms with E-state index in [1.165, 1.54) is 17.1 Å². The molecule has 0 aliphatic carbocycles. The minimum absolute atomic E-state index is 0.0348. The van der Waals surface area contributed by atoms with E-state index in [4.69, 9.17) is 10.2 Å². The van der Waals surface area contributed by atoms with Crippen LogP contribution in [0, 0.1) is 0 Å². The Hall–Kier alpha value is -3.69. The van der Waals surface area contributed by atoms with Crippen LogP contribution < -0.4 is 16.4 Å². The molecule has 4 N–H and O–H groups in total. The molecule has 128 valence electrons. The van der Waals surface area contributed by atoms with Gasteiger partial charge in [-0.2, -0.15) is 5.10 Å². The molecule has 0 saturated heterocycles. The summed E-state index contributed by atoms with van der Waals surface area (Å²) in [5.74, 6) is -0.380. The van der Waals surface area contributed by atoms with Crippen molar-refractivity contribution in [3.8, 4) is 11.5 Å². The van der Waals surface area contributed by atoms with E-state index in [1.54, 1.807) is 32.4 Å². The second kappa shape index (κ2) is 6.43. The van der Waals surface area contributed by atoms with Gasteiger partial charge in [-0.1, -0.05) is 0 Å². The molecule has 0 aromatic carbocycles. The van der Waals surface area contributed by atoms with Gasteiger partial charge in [0.15, 0.2) is 11.4 Å². The Morgan fingerprint density at radius 2 is 2.16 bits per heavy atom. The van der Waals surface area contributed by atoms with E-state index >= 15 is 0 Å². The van der Waals surface area contributed by atoms with Gasteiger partial charge in [0.05, 0.1) is 5.69 Å². The number of aryl methyl sites for hydroxylation is 1. The molecule has 3 aromatic heterocycles. The van der Waals surface area contributed by atoms with E-state index in [2.05, 4.69) is 25.7 Å². The average Bonchev–Trinajstić information content (AvgIpc) is 3.22. The number of rotatable bonds is 5. The maximum Gasteiger partial charge on any atom is 0.277 e. The van der Waals surface area contributed by atoms with Crippen LogP contribution in [0.1, 0.15) is 21.0 Å². The number of nitrogens with one attached hydrogen (secondary N) is 2. The Balaban J connectivity index is 1.82. The van der Waals surface area contributed by atoms with E-state index in [0.29, 0.717) is 11.4 Å². The lowest BCUT2D eigenvalue weighted by molar-refractivity contribution is 0.0995. The standard InChI is InChI=1S/C15H15N7O3/c1-17-11-5-8(3-4-18-11)15-20-10(7-25-15)14(24)19-9-6-22(2)21-12(9)13(16)23/h3-7H,1-2H3,(H2,16,23)(H,17,18)(H,19,24). The van der Waals surface area contributed by atoms with E-state index in [9.17, 15) is 9.59 Å². The van der Waals surface area contributed by atoms with E-state index in [1.807, 2.05) is 0 Å². The molecule has 10 nitrogen and oxygen atoms in total. The largest absolute Gasteiger partial charge is 0.444 e. The van der Waals surface area contributed by atoms with Gasteiger partial charge in [0, 0.05) is 32.1 Å². The first kappa shape index (κ1) is 16.2. The number of hydrogen-bond donors (Lipinski definition) is 3. The number of amides is 2. The van der Waals surface area contributed by atoms with Crippen molar-refractivity contribution in [2.45, 2.75) is 0 Å². The van der Waals surface area contributed by atoms with Crippen molar-refractivity contribution in [3.63, 3.8) is 0 Å². The van der Waals surface area contributed by atoms with E-state index in [0.717, 1.165) is 0 Å². The number of anilines is 2. The second-order valence-corrected chi connectivity index (χ2v) is 5.10. The van der Waals surface area contributed by atoms with Crippen LogP contribution in [0.2, 0.25) is 0 Å². The predicted octanol–water partition coefficient (Wildman–Crippen LogP) is 0.863. The third-order valence-corrected chi connectivity index (χ3v) is 3.31. The molecule has 0 saturated carbocycles. The number of primary amides is 1. The number of pyridine rings is 1. The van der Waals surface area contributed by atoms with Crippen LogP contribution in [-0.4, -0.2) is 38.6 Å². The molecule has 0 radical (unpaired) electrons. The summed E-state index contributed by atoms with van der Waals surface area (Å²) in [6.07, 6.45) is 4.30. The van der Waals surface area contributed by atoms with E-state index < -0.39 is 11.8 Å². The van der Waals surface area contributed by atoms with Gasteiger partial charge in [0.1, 0.15) is 12.1 Å². The second-order valence-electron chi connectivity index (χ2n) is 5.10. The summed E-state index contributed by atoms with van der Waals surface area (Å²) in [5, 5.41) is 9.35. The number of oxazole rings is 1. The SMILES string of the molecule is CNc1cc(-c2nc(C(=O)Nc3cn(C)nc3C(N)=O)co2)ccn1. The highest BCUT2D eigenvalue weighted by molar-refractivity contribution is 6.07. The van der Waals surface area contributed by atoms with Crippen molar-refractivity contribution < 1.29 is 14.0 Å². The first-order valence-corrected chi connectivity index (χ1v) is 7.22. The molecule has 3 aromatic rings. The minimum atomic E-state index is -0.742. The van der Waals surface area contributed by atoms with Crippen molar-refractivity contribution in [1.82, 2.24) is 19.7 Å². The Bertz CT molecular complexity index is 944. The van der Waals surface area contributed by atoms with Crippen LogP contribution in [0.5, 0.6) is 0 Å². The van der Waals surface area contributed by atoms with Crippen molar-refractivity contribution >= 4 is 23.3 Å².